The second-order valence-corrected chi connectivity index (χ2v) is 3.81. The summed E-state index contributed by atoms with van der Waals surface area (Å²) in [6.45, 7) is 7.80. The minimum atomic E-state index is 0.813. The molecule has 0 radical (unpaired) electrons. The van der Waals surface area contributed by atoms with Crippen LogP contribution in [0.5, 0.6) is 0 Å². The van der Waals surface area contributed by atoms with Gasteiger partial charge in [0.25, 0.3) is 0 Å². The van der Waals surface area contributed by atoms with Crippen LogP contribution < -0.4 is 5.32 Å². The molecule has 1 atom stereocenters. The van der Waals surface area contributed by atoms with E-state index in [1.807, 2.05) is 6.92 Å². The summed E-state index contributed by atoms with van der Waals surface area (Å²) in [6, 6.07) is 0. The lowest BCUT2D eigenvalue weighted by molar-refractivity contribution is 0.0823. The Morgan fingerprint density at radius 3 is 2.79 bits per heavy atom. The van der Waals surface area contributed by atoms with E-state index in [2.05, 4.69) is 5.32 Å². The fourth-order valence-electron chi connectivity index (χ4n) is 1.72. The summed E-state index contributed by atoms with van der Waals surface area (Å²) in [7, 11) is 0. The summed E-state index contributed by atoms with van der Waals surface area (Å²) in [5, 5.41) is 3.37. The molecule has 3 nitrogen and oxygen atoms in total. The van der Waals surface area contributed by atoms with Crippen molar-refractivity contribution in [3.63, 3.8) is 0 Å². The molecule has 0 amide bonds. The summed E-state index contributed by atoms with van der Waals surface area (Å²) in [5.41, 5.74) is 0. The Morgan fingerprint density at radius 2 is 2.07 bits per heavy atom. The summed E-state index contributed by atoms with van der Waals surface area (Å²) in [4.78, 5) is 0. The first kappa shape index (κ1) is 12.0. The Morgan fingerprint density at radius 1 is 1.21 bits per heavy atom. The Labute approximate surface area is 87.2 Å². The Balaban J connectivity index is 1.75. The molecule has 0 aliphatic carbocycles. The second-order valence-electron chi connectivity index (χ2n) is 3.81. The summed E-state index contributed by atoms with van der Waals surface area (Å²) >= 11 is 0. The molecule has 1 heterocycles. The number of hydrogen-bond acceptors (Lipinski definition) is 3. The van der Waals surface area contributed by atoms with E-state index in [1.54, 1.807) is 0 Å². The van der Waals surface area contributed by atoms with Gasteiger partial charge < -0.3 is 14.8 Å². The van der Waals surface area contributed by atoms with Gasteiger partial charge in [0.1, 0.15) is 0 Å². The van der Waals surface area contributed by atoms with Crippen molar-refractivity contribution in [2.75, 3.05) is 39.5 Å². The molecule has 1 aliphatic rings. The molecule has 84 valence electrons. The molecule has 1 rings (SSSR count). The summed E-state index contributed by atoms with van der Waals surface area (Å²) in [6.07, 6.45) is 3.56. The third-order valence-electron chi connectivity index (χ3n) is 2.61. The van der Waals surface area contributed by atoms with Crippen molar-refractivity contribution in [2.24, 2.45) is 5.92 Å². The Kier molecular flexibility index (Phi) is 7.01. The lowest BCUT2D eigenvalue weighted by Crippen LogP contribution is -2.11. The summed E-state index contributed by atoms with van der Waals surface area (Å²) in [5.74, 6) is 0.849. The quantitative estimate of drug-likeness (QED) is 0.603. The van der Waals surface area contributed by atoms with Crippen LogP contribution in [0, 0.1) is 5.92 Å². The fraction of sp³-hybridized carbons (Fsp3) is 1.00. The van der Waals surface area contributed by atoms with Crippen molar-refractivity contribution in [3.05, 3.63) is 0 Å². The average molecular weight is 201 g/mol. The van der Waals surface area contributed by atoms with Gasteiger partial charge in [-0.05, 0) is 45.2 Å². The highest BCUT2D eigenvalue weighted by molar-refractivity contribution is 4.70. The third kappa shape index (κ3) is 5.58. The first-order chi connectivity index (χ1) is 6.93. The van der Waals surface area contributed by atoms with Crippen LogP contribution in [0.25, 0.3) is 0 Å². The van der Waals surface area contributed by atoms with Gasteiger partial charge >= 0.3 is 0 Å². The van der Waals surface area contributed by atoms with Gasteiger partial charge in [-0.2, -0.15) is 0 Å². The molecule has 1 aliphatic heterocycles. The van der Waals surface area contributed by atoms with Crippen LogP contribution in [0.3, 0.4) is 0 Å². The van der Waals surface area contributed by atoms with E-state index in [0.717, 1.165) is 38.8 Å². The minimum absolute atomic E-state index is 0.813. The average Bonchev–Trinajstić information content (AvgIpc) is 2.69. The van der Waals surface area contributed by atoms with Crippen molar-refractivity contribution < 1.29 is 9.47 Å². The largest absolute Gasteiger partial charge is 0.382 e. The van der Waals surface area contributed by atoms with E-state index >= 15 is 0 Å². The molecule has 0 saturated carbocycles. The van der Waals surface area contributed by atoms with Crippen LogP contribution in [0.15, 0.2) is 0 Å². The van der Waals surface area contributed by atoms with Crippen LogP contribution in [0.2, 0.25) is 0 Å². The molecule has 0 aromatic carbocycles. The highest BCUT2D eigenvalue weighted by atomic mass is 16.5. The molecule has 0 spiro atoms. The smallest absolute Gasteiger partial charge is 0.0487 e. The maximum absolute atomic E-state index is 5.53. The molecule has 1 unspecified atom stereocenters. The molecular weight excluding hydrogens is 178 g/mol. The fourth-order valence-corrected chi connectivity index (χ4v) is 1.72. The van der Waals surface area contributed by atoms with Gasteiger partial charge in [0.2, 0.25) is 0 Å². The van der Waals surface area contributed by atoms with E-state index in [1.165, 1.54) is 25.9 Å². The highest BCUT2D eigenvalue weighted by Gasteiger charge is 2.13. The zero-order valence-electron chi connectivity index (χ0n) is 9.26. The van der Waals surface area contributed by atoms with Crippen LogP contribution in [0.1, 0.15) is 26.2 Å². The summed E-state index contributed by atoms with van der Waals surface area (Å²) < 4.78 is 10.8. The third-order valence-corrected chi connectivity index (χ3v) is 2.61. The van der Waals surface area contributed by atoms with Crippen LogP contribution >= 0.6 is 0 Å². The van der Waals surface area contributed by atoms with Gasteiger partial charge in [0.05, 0.1) is 0 Å². The van der Waals surface area contributed by atoms with Crippen molar-refractivity contribution in [1.82, 2.24) is 5.32 Å². The molecule has 3 heteroatoms. The molecule has 0 aromatic heterocycles. The molecule has 1 N–H and O–H groups in total. The number of rotatable bonds is 8. The molecule has 1 fully saturated rings. The van der Waals surface area contributed by atoms with E-state index in [0.29, 0.717) is 0 Å². The monoisotopic (exact) mass is 201 g/mol. The van der Waals surface area contributed by atoms with E-state index in [4.69, 9.17) is 9.47 Å². The zero-order valence-corrected chi connectivity index (χ0v) is 9.26. The van der Waals surface area contributed by atoms with E-state index in [-0.39, 0.29) is 0 Å². The molecular formula is C11H23NO2. The van der Waals surface area contributed by atoms with Gasteiger partial charge in [-0.3, -0.25) is 0 Å². The normalized spacial score (nSPS) is 21.6. The predicted molar refractivity (Wildman–Crippen MR) is 57.5 cm³/mol. The van der Waals surface area contributed by atoms with Gasteiger partial charge in [0.15, 0.2) is 0 Å². The molecule has 1 saturated heterocycles. The van der Waals surface area contributed by atoms with Gasteiger partial charge in [-0.1, -0.05) is 0 Å². The van der Waals surface area contributed by atoms with Crippen molar-refractivity contribution >= 4 is 0 Å². The van der Waals surface area contributed by atoms with Crippen LogP contribution in [-0.4, -0.2) is 39.5 Å². The van der Waals surface area contributed by atoms with Crippen LogP contribution in [0.4, 0.5) is 0 Å². The molecule has 0 bridgehead atoms. The van der Waals surface area contributed by atoms with Crippen molar-refractivity contribution in [2.45, 2.75) is 26.2 Å². The molecule has 14 heavy (non-hydrogen) atoms. The number of ether oxygens (including phenoxy) is 2. The number of hydrogen-bond donors (Lipinski definition) is 1. The zero-order chi connectivity index (χ0) is 10.1. The Hall–Kier alpha value is -0.120. The molecule has 0 aromatic rings. The van der Waals surface area contributed by atoms with Gasteiger partial charge in [-0.15, -0.1) is 0 Å². The second kappa shape index (κ2) is 8.21. The Bertz CT molecular complexity index is 124. The lowest BCUT2D eigenvalue weighted by atomic mass is 10.1. The van der Waals surface area contributed by atoms with E-state index in [9.17, 15) is 0 Å². The topological polar surface area (TPSA) is 30.5 Å². The van der Waals surface area contributed by atoms with Gasteiger partial charge in [0, 0.05) is 26.4 Å². The first-order valence-electron chi connectivity index (χ1n) is 5.79. The SMILES string of the molecule is CCOCCCOCCC1CCNC1. The lowest BCUT2D eigenvalue weighted by Gasteiger charge is -2.08. The van der Waals surface area contributed by atoms with Crippen LogP contribution in [-0.2, 0) is 9.47 Å². The first-order valence-corrected chi connectivity index (χ1v) is 5.79. The maximum atomic E-state index is 5.53. The maximum Gasteiger partial charge on any atom is 0.0487 e. The van der Waals surface area contributed by atoms with Gasteiger partial charge in [-0.25, -0.2) is 0 Å². The predicted octanol–water partition coefficient (Wildman–Crippen LogP) is 1.43. The highest BCUT2D eigenvalue weighted by Crippen LogP contribution is 2.11. The number of nitrogens with one attached hydrogen (secondary N) is 1. The van der Waals surface area contributed by atoms with E-state index < -0.39 is 0 Å². The minimum Gasteiger partial charge on any atom is -0.382 e. The standard InChI is InChI=1S/C11H23NO2/c1-2-13-7-3-8-14-9-5-11-4-6-12-10-11/h11-12H,2-10H2,1H3. The van der Waals surface area contributed by atoms with Crippen molar-refractivity contribution in [3.8, 4) is 0 Å². The van der Waals surface area contributed by atoms with Crippen molar-refractivity contribution in [1.29, 1.82) is 0 Å².